The van der Waals surface area contributed by atoms with E-state index < -0.39 is 0 Å². The topological polar surface area (TPSA) is 0 Å². The van der Waals surface area contributed by atoms with Crippen LogP contribution in [0.15, 0.2) is 97.1 Å². The van der Waals surface area contributed by atoms with Crippen molar-refractivity contribution in [1.29, 1.82) is 0 Å². The molecule has 30 heavy (non-hydrogen) atoms. The lowest BCUT2D eigenvalue weighted by atomic mass is 9.86. The summed E-state index contributed by atoms with van der Waals surface area (Å²) in [7, 11) is 0. The Morgan fingerprint density at radius 1 is 0.367 bits per heavy atom. The zero-order valence-corrected chi connectivity index (χ0v) is 18.8. The average Bonchev–Trinajstić information content (AvgIpc) is 2.74. The molecule has 4 rings (SSSR count). The van der Waals surface area contributed by atoms with Gasteiger partial charge in [0.15, 0.2) is 0 Å². The van der Waals surface area contributed by atoms with E-state index in [-0.39, 0.29) is 0 Å². The molecule has 0 atom stereocenters. The van der Waals surface area contributed by atoms with Gasteiger partial charge < -0.3 is 0 Å². The number of halogens is 4. The smallest absolute Gasteiger partial charge is 0.0412 e. The van der Waals surface area contributed by atoms with Gasteiger partial charge in [-0.15, -0.1) is 0 Å². The molecular formula is C26H16Cl4. The first-order valence-electron chi connectivity index (χ1n) is 9.29. The van der Waals surface area contributed by atoms with Gasteiger partial charge in [-0.05, 0) is 81.9 Å². The molecule has 0 heterocycles. The molecule has 0 unspecified atom stereocenters. The third kappa shape index (κ3) is 4.74. The Labute approximate surface area is 196 Å². The highest BCUT2D eigenvalue weighted by Gasteiger charge is 2.17. The van der Waals surface area contributed by atoms with Crippen LogP contribution in [0.1, 0.15) is 22.3 Å². The standard InChI is InChI=1S/C26H16Cl4/c27-21-11-7-17(8-12-21)25(19-3-1-5-23(29)15-19)26(18-9-13-22(28)14-10-18)20-4-2-6-24(30)16-20/h1-16H/b26-25+. The van der Waals surface area contributed by atoms with Gasteiger partial charge in [-0.2, -0.15) is 0 Å². The van der Waals surface area contributed by atoms with Gasteiger partial charge in [-0.3, -0.25) is 0 Å². The molecule has 4 heteroatoms. The molecule has 0 amide bonds. The SMILES string of the molecule is Clc1ccc(/C(=C(/c2ccc(Cl)cc2)c2cccc(Cl)c2)c2cccc(Cl)c2)cc1. The Balaban J connectivity index is 2.11. The molecule has 0 aromatic heterocycles. The second-order valence-electron chi connectivity index (χ2n) is 6.78. The van der Waals surface area contributed by atoms with Gasteiger partial charge in [-0.1, -0.05) is 94.9 Å². The summed E-state index contributed by atoms with van der Waals surface area (Å²) in [6.45, 7) is 0. The van der Waals surface area contributed by atoms with E-state index in [1.54, 1.807) is 0 Å². The molecule has 0 fully saturated rings. The maximum absolute atomic E-state index is 6.36. The zero-order valence-electron chi connectivity index (χ0n) is 15.7. The second-order valence-corrected chi connectivity index (χ2v) is 8.53. The third-order valence-electron chi connectivity index (χ3n) is 4.74. The van der Waals surface area contributed by atoms with E-state index in [0.717, 1.165) is 33.4 Å². The Morgan fingerprint density at radius 2 is 0.733 bits per heavy atom. The molecule has 0 spiro atoms. The van der Waals surface area contributed by atoms with Crippen molar-refractivity contribution in [2.75, 3.05) is 0 Å². The van der Waals surface area contributed by atoms with Crippen molar-refractivity contribution < 1.29 is 0 Å². The highest BCUT2D eigenvalue weighted by atomic mass is 35.5. The van der Waals surface area contributed by atoms with Gasteiger partial charge in [0.25, 0.3) is 0 Å². The first kappa shape index (κ1) is 21.0. The fourth-order valence-corrected chi connectivity index (χ4v) is 4.06. The lowest BCUT2D eigenvalue weighted by Gasteiger charge is -2.18. The van der Waals surface area contributed by atoms with Crippen LogP contribution >= 0.6 is 46.4 Å². The molecule has 4 aromatic carbocycles. The summed E-state index contributed by atoms with van der Waals surface area (Å²) >= 11 is 25.1. The molecule has 0 aliphatic heterocycles. The number of rotatable bonds is 4. The molecule has 148 valence electrons. The Bertz CT molecular complexity index is 1110. The number of hydrogen-bond acceptors (Lipinski definition) is 0. The molecule has 0 radical (unpaired) electrons. The van der Waals surface area contributed by atoms with E-state index in [1.165, 1.54) is 0 Å². The van der Waals surface area contributed by atoms with Gasteiger partial charge in [-0.25, -0.2) is 0 Å². The maximum Gasteiger partial charge on any atom is 0.0412 e. The van der Waals surface area contributed by atoms with Crippen molar-refractivity contribution in [3.05, 3.63) is 139 Å². The summed E-state index contributed by atoms with van der Waals surface area (Å²) in [4.78, 5) is 0. The number of hydrogen-bond donors (Lipinski definition) is 0. The highest BCUT2D eigenvalue weighted by Crippen LogP contribution is 2.38. The van der Waals surface area contributed by atoms with Crippen LogP contribution in [-0.2, 0) is 0 Å². The monoisotopic (exact) mass is 468 g/mol. The van der Waals surface area contributed by atoms with Crippen molar-refractivity contribution >= 4 is 57.5 Å². The normalized spacial score (nSPS) is 11.9. The maximum atomic E-state index is 6.36. The highest BCUT2D eigenvalue weighted by molar-refractivity contribution is 6.32. The third-order valence-corrected chi connectivity index (χ3v) is 5.72. The van der Waals surface area contributed by atoms with Gasteiger partial charge >= 0.3 is 0 Å². The van der Waals surface area contributed by atoms with Crippen LogP contribution in [0.25, 0.3) is 11.1 Å². The van der Waals surface area contributed by atoms with Crippen LogP contribution in [0.3, 0.4) is 0 Å². The molecule has 0 bridgehead atoms. The Hall–Kier alpha value is -2.22. The van der Waals surface area contributed by atoms with Crippen LogP contribution in [0.2, 0.25) is 20.1 Å². The lowest BCUT2D eigenvalue weighted by Crippen LogP contribution is -1.97. The quantitative estimate of drug-likeness (QED) is 0.261. The Morgan fingerprint density at radius 3 is 1.07 bits per heavy atom. The van der Waals surface area contributed by atoms with E-state index >= 15 is 0 Å². The van der Waals surface area contributed by atoms with Crippen molar-refractivity contribution in [2.24, 2.45) is 0 Å². The second kappa shape index (κ2) is 9.29. The zero-order chi connectivity index (χ0) is 21.1. The predicted molar refractivity (Wildman–Crippen MR) is 131 cm³/mol. The molecule has 0 saturated heterocycles. The van der Waals surface area contributed by atoms with Crippen molar-refractivity contribution in [1.82, 2.24) is 0 Å². The molecule has 0 nitrogen and oxygen atoms in total. The largest absolute Gasteiger partial charge is 0.0843 e. The Kier molecular flexibility index (Phi) is 6.51. The average molecular weight is 470 g/mol. The molecular weight excluding hydrogens is 454 g/mol. The molecule has 0 aliphatic carbocycles. The van der Waals surface area contributed by atoms with Crippen LogP contribution < -0.4 is 0 Å². The molecule has 0 aliphatic rings. The van der Waals surface area contributed by atoms with E-state index in [0.29, 0.717) is 20.1 Å². The van der Waals surface area contributed by atoms with Gasteiger partial charge in [0, 0.05) is 20.1 Å². The van der Waals surface area contributed by atoms with Crippen molar-refractivity contribution in [3.63, 3.8) is 0 Å². The minimum absolute atomic E-state index is 0.667. The minimum atomic E-state index is 0.667. The lowest BCUT2D eigenvalue weighted by molar-refractivity contribution is 1.50. The van der Waals surface area contributed by atoms with Crippen LogP contribution in [0, 0.1) is 0 Å². The fraction of sp³-hybridized carbons (Fsp3) is 0. The summed E-state index contributed by atoms with van der Waals surface area (Å²) < 4.78 is 0. The van der Waals surface area contributed by atoms with Crippen LogP contribution in [0.4, 0.5) is 0 Å². The predicted octanol–water partition coefficient (Wildman–Crippen LogP) is 9.31. The summed E-state index contributed by atoms with van der Waals surface area (Å²) in [6.07, 6.45) is 0. The summed E-state index contributed by atoms with van der Waals surface area (Å²) in [5, 5.41) is 2.70. The summed E-state index contributed by atoms with van der Waals surface area (Å²) in [5.41, 5.74) is 6.08. The minimum Gasteiger partial charge on any atom is -0.0843 e. The van der Waals surface area contributed by atoms with Gasteiger partial charge in [0.05, 0.1) is 0 Å². The van der Waals surface area contributed by atoms with Gasteiger partial charge in [0.1, 0.15) is 0 Å². The van der Waals surface area contributed by atoms with Gasteiger partial charge in [0.2, 0.25) is 0 Å². The first-order chi connectivity index (χ1) is 14.5. The summed E-state index contributed by atoms with van der Waals surface area (Å²) in [5.74, 6) is 0. The summed E-state index contributed by atoms with van der Waals surface area (Å²) in [6, 6.07) is 31.3. The molecule has 4 aromatic rings. The molecule has 0 saturated carbocycles. The van der Waals surface area contributed by atoms with E-state index in [9.17, 15) is 0 Å². The van der Waals surface area contributed by atoms with Crippen molar-refractivity contribution in [3.8, 4) is 0 Å². The van der Waals surface area contributed by atoms with Crippen molar-refractivity contribution in [2.45, 2.75) is 0 Å². The fourth-order valence-electron chi connectivity index (χ4n) is 3.43. The van der Waals surface area contributed by atoms with E-state index in [2.05, 4.69) is 12.1 Å². The molecule has 0 N–H and O–H groups in total. The first-order valence-corrected chi connectivity index (χ1v) is 10.8. The van der Waals surface area contributed by atoms with Crippen LogP contribution in [-0.4, -0.2) is 0 Å². The van der Waals surface area contributed by atoms with E-state index in [4.69, 9.17) is 46.4 Å². The van der Waals surface area contributed by atoms with E-state index in [1.807, 2.05) is 84.9 Å². The number of benzene rings is 4. The van der Waals surface area contributed by atoms with Crippen LogP contribution in [0.5, 0.6) is 0 Å².